The van der Waals surface area contributed by atoms with E-state index in [-0.39, 0.29) is 11.5 Å². The molecule has 2 aliphatic rings. The number of para-hydroxylation sites is 1. The van der Waals surface area contributed by atoms with Gasteiger partial charge in [-0.1, -0.05) is 18.2 Å². The second kappa shape index (κ2) is 6.79. The molecule has 1 aliphatic carbocycles. The van der Waals surface area contributed by atoms with Gasteiger partial charge in [-0.05, 0) is 37.8 Å². The molecule has 1 saturated carbocycles. The summed E-state index contributed by atoms with van der Waals surface area (Å²) in [6.45, 7) is 1.61. The molecule has 4 heterocycles. The highest BCUT2D eigenvalue weighted by molar-refractivity contribution is 5.76. The van der Waals surface area contributed by atoms with Gasteiger partial charge in [-0.3, -0.25) is 9.78 Å². The fourth-order valence-corrected chi connectivity index (χ4v) is 4.37. The van der Waals surface area contributed by atoms with E-state index in [1.807, 2.05) is 36.7 Å². The number of rotatable bonds is 4. The van der Waals surface area contributed by atoms with E-state index in [1.54, 1.807) is 10.9 Å². The molecule has 2 fully saturated rings. The van der Waals surface area contributed by atoms with Crippen LogP contribution in [0.2, 0.25) is 0 Å². The third kappa shape index (κ3) is 2.89. The highest BCUT2D eigenvalue weighted by atomic mass is 16.1. The summed E-state index contributed by atoms with van der Waals surface area (Å²) in [6, 6.07) is 10.3. The minimum absolute atomic E-state index is 0.166. The van der Waals surface area contributed by atoms with E-state index >= 15 is 0 Å². The number of aromatic amines is 1. The second-order valence-corrected chi connectivity index (χ2v) is 8.13. The lowest BCUT2D eigenvalue weighted by atomic mass is 9.97. The molecule has 1 atom stereocenters. The lowest BCUT2D eigenvalue weighted by molar-refractivity contribution is 0.466. The largest absolute Gasteiger partial charge is 0.342 e. The van der Waals surface area contributed by atoms with Gasteiger partial charge in [0.1, 0.15) is 17.5 Å². The topological polar surface area (TPSA) is 97.5 Å². The van der Waals surface area contributed by atoms with Crippen LogP contribution in [0.25, 0.3) is 16.7 Å². The first kappa shape index (κ1) is 17.4. The zero-order valence-electron chi connectivity index (χ0n) is 16.5. The molecule has 30 heavy (non-hydrogen) atoms. The predicted octanol–water partition coefficient (Wildman–Crippen LogP) is 2.42. The molecule has 0 radical (unpaired) electrons. The minimum Gasteiger partial charge on any atom is -0.342 e. The Balaban J connectivity index is 1.36. The molecule has 152 valence electrons. The van der Waals surface area contributed by atoms with Gasteiger partial charge in [0.2, 0.25) is 5.95 Å². The van der Waals surface area contributed by atoms with Crippen molar-refractivity contribution in [1.29, 1.82) is 0 Å². The summed E-state index contributed by atoms with van der Waals surface area (Å²) in [7, 11) is 0. The molecule has 1 unspecified atom stereocenters. The van der Waals surface area contributed by atoms with Crippen molar-refractivity contribution in [1.82, 2.24) is 34.5 Å². The number of hydrogen-bond acceptors (Lipinski definition) is 6. The summed E-state index contributed by atoms with van der Waals surface area (Å²) in [5.41, 5.74) is 1.29. The van der Waals surface area contributed by atoms with Crippen LogP contribution in [0, 0.1) is 0 Å². The van der Waals surface area contributed by atoms with Crippen molar-refractivity contribution in [3.63, 3.8) is 0 Å². The van der Waals surface area contributed by atoms with Crippen LogP contribution >= 0.6 is 0 Å². The first-order valence-electron chi connectivity index (χ1n) is 10.5. The average Bonchev–Trinajstić information content (AvgIpc) is 3.34. The predicted molar refractivity (Wildman–Crippen MR) is 112 cm³/mol. The number of anilines is 1. The van der Waals surface area contributed by atoms with Gasteiger partial charge in [0, 0.05) is 25.0 Å². The third-order valence-electron chi connectivity index (χ3n) is 6.05. The van der Waals surface area contributed by atoms with Crippen LogP contribution in [-0.4, -0.2) is 47.6 Å². The molecule has 6 rings (SSSR count). The highest BCUT2D eigenvalue weighted by Crippen LogP contribution is 2.38. The monoisotopic (exact) mass is 402 g/mol. The van der Waals surface area contributed by atoms with Crippen LogP contribution in [0.15, 0.2) is 47.7 Å². The Hall–Kier alpha value is -3.49. The van der Waals surface area contributed by atoms with Crippen molar-refractivity contribution in [2.24, 2.45) is 0 Å². The van der Waals surface area contributed by atoms with E-state index in [9.17, 15) is 4.79 Å². The summed E-state index contributed by atoms with van der Waals surface area (Å²) < 4.78 is 3.96. The third-order valence-corrected chi connectivity index (χ3v) is 6.05. The van der Waals surface area contributed by atoms with Crippen molar-refractivity contribution in [3.8, 4) is 5.69 Å². The van der Waals surface area contributed by atoms with Crippen molar-refractivity contribution in [2.45, 2.75) is 37.6 Å². The zero-order chi connectivity index (χ0) is 20.1. The van der Waals surface area contributed by atoms with E-state index < -0.39 is 0 Å². The fourth-order valence-electron chi connectivity index (χ4n) is 4.37. The van der Waals surface area contributed by atoms with Gasteiger partial charge in [-0.2, -0.15) is 10.1 Å². The van der Waals surface area contributed by atoms with Gasteiger partial charge in [0.25, 0.3) is 5.56 Å². The Bertz CT molecular complexity index is 1250. The van der Waals surface area contributed by atoms with Gasteiger partial charge in [0.15, 0.2) is 5.65 Å². The summed E-state index contributed by atoms with van der Waals surface area (Å²) in [5, 5.41) is 13.5. The Morgan fingerprint density at radius 1 is 1.10 bits per heavy atom. The van der Waals surface area contributed by atoms with E-state index in [0.29, 0.717) is 23.0 Å². The highest BCUT2D eigenvalue weighted by Gasteiger charge is 2.32. The fraction of sp³-hybridized carbons (Fsp3) is 0.381. The molecular formula is C21H22N8O. The van der Waals surface area contributed by atoms with E-state index in [2.05, 4.69) is 29.7 Å². The van der Waals surface area contributed by atoms with Crippen LogP contribution in [0.4, 0.5) is 5.95 Å². The molecule has 1 aliphatic heterocycles. The minimum atomic E-state index is -0.166. The number of nitrogens with one attached hydrogen (secondary N) is 1. The van der Waals surface area contributed by atoms with Crippen molar-refractivity contribution >= 4 is 17.0 Å². The second-order valence-electron chi connectivity index (χ2n) is 8.13. The number of fused-ring (bicyclic) bond motifs is 1. The van der Waals surface area contributed by atoms with Gasteiger partial charge in [-0.15, -0.1) is 10.2 Å². The molecule has 0 bridgehead atoms. The van der Waals surface area contributed by atoms with Crippen LogP contribution in [-0.2, 0) is 0 Å². The average molecular weight is 402 g/mol. The number of piperidine rings is 1. The molecule has 1 N–H and O–H groups in total. The summed E-state index contributed by atoms with van der Waals surface area (Å²) >= 11 is 0. The lowest BCUT2D eigenvalue weighted by Gasteiger charge is -2.32. The van der Waals surface area contributed by atoms with Gasteiger partial charge < -0.3 is 9.47 Å². The summed E-state index contributed by atoms with van der Waals surface area (Å²) in [5.74, 6) is 1.93. The van der Waals surface area contributed by atoms with Crippen LogP contribution in [0.5, 0.6) is 0 Å². The smallest absolute Gasteiger partial charge is 0.263 e. The molecular weight excluding hydrogens is 380 g/mol. The van der Waals surface area contributed by atoms with E-state index in [4.69, 9.17) is 4.98 Å². The maximum absolute atomic E-state index is 12.7. The first-order valence-corrected chi connectivity index (χ1v) is 10.5. The molecule has 0 spiro atoms. The first-order chi connectivity index (χ1) is 14.8. The number of nitrogens with zero attached hydrogens (tertiary/aromatic N) is 7. The molecule has 4 aromatic rings. The molecule has 1 aromatic carbocycles. The standard InChI is InChI=1S/C21H22N8O/c30-20-17-11-23-29(16-6-2-1-3-7-16)19(17)24-21(25-20)27-10-4-5-14(12-27)18-26-22-13-28(18)15-8-9-15/h1-3,6-7,11,13-15H,4-5,8-10,12H2,(H,24,25,30). The zero-order valence-corrected chi connectivity index (χ0v) is 16.5. The molecule has 1 saturated heterocycles. The van der Waals surface area contributed by atoms with Crippen LogP contribution in [0.1, 0.15) is 43.5 Å². The van der Waals surface area contributed by atoms with Crippen molar-refractivity contribution < 1.29 is 0 Å². The number of aromatic nitrogens is 7. The van der Waals surface area contributed by atoms with Gasteiger partial charge in [0.05, 0.1) is 11.9 Å². The van der Waals surface area contributed by atoms with Crippen molar-refractivity contribution in [2.75, 3.05) is 18.0 Å². The Kier molecular flexibility index (Phi) is 3.93. The maximum atomic E-state index is 12.7. The normalized spacial score (nSPS) is 19.5. The van der Waals surface area contributed by atoms with E-state index in [0.717, 1.165) is 37.4 Å². The van der Waals surface area contributed by atoms with Crippen molar-refractivity contribution in [3.05, 3.63) is 59.0 Å². The number of benzene rings is 1. The summed E-state index contributed by atoms with van der Waals surface area (Å²) in [4.78, 5) is 22.7. The Labute approximate surface area is 172 Å². The summed E-state index contributed by atoms with van der Waals surface area (Å²) in [6.07, 6.45) is 7.93. The number of hydrogen-bond donors (Lipinski definition) is 1. The quantitative estimate of drug-likeness (QED) is 0.563. The Morgan fingerprint density at radius 2 is 1.97 bits per heavy atom. The molecule has 9 nitrogen and oxygen atoms in total. The maximum Gasteiger partial charge on any atom is 0.263 e. The molecule has 0 amide bonds. The Morgan fingerprint density at radius 3 is 2.80 bits per heavy atom. The van der Waals surface area contributed by atoms with E-state index in [1.165, 1.54) is 12.8 Å². The molecule has 9 heteroatoms. The lowest BCUT2D eigenvalue weighted by Crippen LogP contribution is -2.37. The van der Waals surface area contributed by atoms with Gasteiger partial charge >= 0.3 is 0 Å². The van der Waals surface area contributed by atoms with Crippen LogP contribution in [0.3, 0.4) is 0 Å². The SMILES string of the molecule is O=c1[nH]c(N2CCCC(c3nncn3C3CC3)C2)nc2c1cnn2-c1ccccc1. The van der Waals surface area contributed by atoms with Crippen LogP contribution < -0.4 is 10.5 Å². The molecule has 3 aromatic heterocycles. The number of H-pyrrole nitrogens is 1. The van der Waals surface area contributed by atoms with Gasteiger partial charge in [-0.25, -0.2) is 4.68 Å².